The van der Waals surface area contributed by atoms with Crippen LogP contribution >= 0.6 is 0 Å². The number of H-pyrrole nitrogens is 1. The van der Waals surface area contributed by atoms with Gasteiger partial charge in [0, 0.05) is 6.07 Å². The highest BCUT2D eigenvalue weighted by atomic mass is 16.5. The van der Waals surface area contributed by atoms with E-state index in [1.165, 1.54) is 0 Å². The van der Waals surface area contributed by atoms with Crippen LogP contribution < -0.4 is 15.8 Å². The van der Waals surface area contributed by atoms with Crippen LogP contribution in [0.4, 0.5) is 0 Å². The molecular formula is C6H9N3O3. The average Bonchev–Trinajstić information content (AvgIpc) is 2.01. The first-order valence-electron chi connectivity index (χ1n) is 3.38. The van der Waals surface area contributed by atoms with E-state index in [0.29, 0.717) is 11.5 Å². The third-order valence-electron chi connectivity index (χ3n) is 1.23. The van der Waals surface area contributed by atoms with Crippen molar-refractivity contribution < 1.29 is 9.94 Å². The van der Waals surface area contributed by atoms with Crippen molar-refractivity contribution in [2.24, 2.45) is 0 Å². The number of aromatic amines is 1. The van der Waals surface area contributed by atoms with E-state index >= 15 is 0 Å². The summed E-state index contributed by atoms with van der Waals surface area (Å²) in [4.78, 5) is 11.3. The summed E-state index contributed by atoms with van der Waals surface area (Å²) < 4.78 is 4.88. The smallest absolute Gasteiger partial charge is 0.307 e. The molecule has 0 saturated heterocycles. The maximum atomic E-state index is 10.9. The van der Waals surface area contributed by atoms with Crippen LogP contribution in [0.2, 0.25) is 0 Å². The fourth-order valence-electron chi connectivity index (χ4n) is 0.725. The molecule has 0 atom stereocenters. The molecule has 6 heteroatoms. The van der Waals surface area contributed by atoms with Crippen LogP contribution in [0.25, 0.3) is 0 Å². The zero-order valence-corrected chi connectivity index (χ0v) is 6.50. The predicted octanol–water partition coefficient (Wildman–Crippen LogP) is -0.708. The maximum Gasteiger partial charge on any atom is 0.307 e. The summed E-state index contributed by atoms with van der Waals surface area (Å²) in [7, 11) is 0. The largest absolute Gasteiger partial charge is 0.488 e. The number of hydrogen-bond donors (Lipinski definition) is 3. The first-order valence-corrected chi connectivity index (χ1v) is 3.38. The van der Waals surface area contributed by atoms with Gasteiger partial charge in [0.15, 0.2) is 11.2 Å². The second-order valence-corrected chi connectivity index (χ2v) is 2.08. The number of nitrogens with one attached hydrogen (secondary N) is 2. The summed E-state index contributed by atoms with van der Waals surface area (Å²) in [6.45, 7) is 2.07. The van der Waals surface area contributed by atoms with E-state index in [9.17, 15) is 4.79 Å². The lowest BCUT2D eigenvalue weighted by Gasteiger charge is -2.01. The highest BCUT2D eigenvalue weighted by molar-refractivity contribution is 5.12. The molecule has 1 aromatic rings. The molecule has 0 spiro atoms. The van der Waals surface area contributed by atoms with Gasteiger partial charge in [0.25, 0.3) is 0 Å². The molecule has 12 heavy (non-hydrogen) atoms. The Morgan fingerprint density at radius 3 is 3.08 bits per heavy atom. The van der Waals surface area contributed by atoms with Crippen LogP contribution in [0, 0.1) is 5.41 Å². The standard InChI is InChI=1S/C6H9N3O3/c1-2-12-4-3-5(7)9(11)8-6(4)10/h3,7,11H,2H2,1H3,(H,8,10). The highest BCUT2D eigenvalue weighted by Crippen LogP contribution is 1.94. The normalized spacial score (nSPS) is 9.75. The molecule has 6 nitrogen and oxygen atoms in total. The van der Waals surface area contributed by atoms with Crippen molar-refractivity contribution in [1.82, 2.24) is 9.94 Å². The average molecular weight is 171 g/mol. The van der Waals surface area contributed by atoms with Crippen LogP contribution in [0.3, 0.4) is 0 Å². The van der Waals surface area contributed by atoms with E-state index in [1.807, 2.05) is 5.10 Å². The Morgan fingerprint density at radius 2 is 2.50 bits per heavy atom. The fraction of sp³-hybridized carbons (Fsp3) is 0.333. The first kappa shape index (κ1) is 8.38. The van der Waals surface area contributed by atoms with E-state index in [-0.39, 0.29) is 11.2 Å². The lowest BCUT2D eigenvalue weighted by Crippen LogP contribution is -2.28. The molecule has 0 aromatic carbocycles. The molecule has 0 unspecified atom stereocenters. The van der Waals surface area contributed by atoms with Crippen LogP contribution in [-0.2, 0) is 0 Å². The number of hydrogen-bond acceptors (Lipinski definition) is 4. The first-order chi connectivity index (χ1) is 5.65. The Balaban J connectivity index is 3.24. The Morgan fingerprint density at radius 1 is 1.83 bits per heavy atom. The molecule has 0 aliphatic rings. The van der Waals surface area contributed by atoms with Crippen molar-refractivity contribution in [3.63, 3.8) is 0 Å². The minimum atomic E-state index is -0.560. The van der Waals surface area contributed by atoms with E-state index in [2.05, 4.69) is 0 Å². The van der Waals surface area contributed by atoms with Gasteiger partial charge in [-0.25, -0.2) is 5.10 Å². The van der Waals surface area contributed by atoms with Crippen molar-refractivity contribution in [3.8, 4) is 5.75 Å². The van der Waals surface area contributed by atoms with E-state index in [4.69, 9.17) is 15.4 Å². The van der Waals surface area contributed by atoms with Crippen molar-refractivity contribution >= 4 is 0 Å². The number of aromatic nitrogens is 2. The Hall–Kier alpha value is -1.72. The molecule has 0 radical (unpaired) electrons. The summed E-state index contributed by atoms with van der Waals surface area (Å²) in [5.41, 5.74) is -0.798. The molecule has 1 rings (SSSR count). The number of nitrogens with zero attached hydrogens (tertiary/aromatic N) is 1. The summed E-state index contributed by atoms with van der Waals surface area (Å²) in [5, 5.41) is 17.9. The van der Waals surface area contributed by atoms with Crippen molar-refractivity contribution in [2.75, 3.05) is 6.61 Å². The quantitative estimate of drug-likeness (QED) is 0.513. The molecule has 66 valence electrons. The molecule has 0 aliphatic carbocycles. The molecule has 0 bridgehead atoms. The third-order valence-corrected chi connectivity index (χ3v) is 1.23. The van der Waals surface area contributed by atoms with Gasteiger partial charge in [-0.05, 0) is 6.92 Å². The van der Waals surface area contributed by atoms with E-state index in [1.54, 1.807) is 6.92 Å². The minimum Gasteiger partial charge on any atom is -0.488 e. The monoisotopic (exact) mass is 171 g/mol. The molecule has 0 saturated carbocycles. The second-order valence-electron chi connectivity index (χ2n) is 2.08. The fourth-order valence-corrected chi connectivity index (χ4v) is 0.725. The van der Waals surface area contributed by atoms with Gasteiger partial charge >= 0.3 is 5.56 Å². The molecule has 0 fully saturated rings. The minimum absolute atomic E-state index is 0.0350. The van der Waals surface area contributed by atoms with Crippen LogP contribution in [0.15, 0.2) is 10.9 Å². The summed E-state index contributed by atoms with van der Waals surface area (Å²) in [6.07, 6.45) is 0. The van der Waals surface area contributed by atoms with Gasteiger partial charge in [-0.2, -0.15) is 0 Å². The molecule has 0 aliphatic heterocycles. The van der Waals surface area contributed by atoms with Gasteiger partial charge in [-0.3, -0.25) is 10.2 Å². The van der Waals surface area contributed by atoms with Gasteiger partial charge in [-0.1, -0.05) is 0 Å². The summed E-state index contributed by atoms with van der Waals surface area (Å²) >= 11 is 0. The molecule has 1 heterocycles. The second kappa shape index (κ2) is 3.12. The Kier molecular flexibility index (Phi) is 2.18. The SMILES string of the molecule is CCOc1cc(=N)n(O)[nH]c1=O. The zero-order valence-electron chi connectivity index (χ0n) is 6.50. The molecule has 3 N–H and O–H groups in total. The van der Waals surface area contributed by atoms with Gasteiger partial charge in [-0.15, -0.1) is 4.85 Å². The zero-order chi connectivity index (χ0) is 9.14. The van der Waals surface area contributed by atoms with E-state index < -0.39 is 5.56 Å². The van der Waals surface area contributed by atoms with Crippen LogP contribution in [0.1, 0.15) is 6.92 Å². The lowest BCUT2D eigenvalue weighted by atomic mass is 10.5. The summed E-state index contributed by atoms with van der Waals surface area (Å²) in [5.74, 6) is 0.0350. The van der Waals surface area contributed by atoms with Crippen molar-refractivity contribution in [2.45, 2.75) is 6.92 Å². The Labute approximate surface area is 67.5 Å². The van der Waals surface area contributed by atoms with Crippen LogP contribution in [0.5, 0.6) is 5.75 Å². The highest BCUT2D eigenvalue weighted by Gasteiger charge is 2.00. The summed E-state index contributed by atoms with van der Waals surface area (Å²) in [6, 6.07) is 1.14. The topological polar surface area (TPSA) is 91.1 Å². The molecule has 0 amide bonds. The number of ether oxygens (including phenoxy) is 1. The van der Waals surface area contributed by atoms with Gasteiger partial charge in [0.05, 0.1) is 6.61 Å². The Bertz CT molecular complexity index is 378. The predicted molar refractivity (Wildman–Crippen MR) is 39.3 cm³/mol. The maximum absolute atomic E-state index is 10.9. The van der Waals surface area contributed by atoms with Crippen LogP contribution in [-0.4, -0.2) is 21.8 Å². The van der Waals surface area contributed by atoms with E-state index in [0.717, 1.165) is 6.07 Å². The molecular weight excluding hydrogens is 162 g/mol. The van der Waals surface area contributed by atoms with Crippen molar-refractivity contribution in [1.29, 1.82) is 5.41 Å². The van der Waals surface area contributed by atoms with Gasteiger partial charge in [0.2, 0.25) is 0 Å². The third kappa shape index (κ3) is 1.47. The lowest BCUT2D eigenvalue weighted by molar-refractivity contribution is 0.125. The number of rotatable bonds is 2. The van der Waals surface area contributed by atoms with Gasteiger partial charge in [0.1, 0.15) is 0 Å². The molecule has 1 aromatic heterocycles. The van der Waals surface area contributed by atoms with Gasteiger partial charge < -0.3 is 9.94 Å². The van der Waals surface area contributed by atoms with Crippen molar-refractivity contribution in [3.05, 3.63) is 21.9 Å².